The fourth-order valence-electron chi connectivity index (χ4n) is 3.42. The van der Waals surface area contributed by atoms with Gasteiger partial charge in [0.1, 0.15) is 22.8 Å². The van der Waals surface area contributed by atoms with Crippen LogP contribution in [-0.4, -0.2) is 24.7 Å². The van der Waals surface area contributed by atoms with Crippen LogP contribution in [0, 0.1) is 13.8 Å². The number of aryl methyl sites for hydroxylation is 2. The zero-order valence-electron chi connectivity index (χ0n) is 17.5. The molecule has 2 aromatic carbocycles. The molecule has 0 aromatic heterocycles. The maximum Gasteiger partial charge on any atom is 0.261 e. The van der Waals surface area contributed by atoms with Gasteiger partial charge in [0.05, 0.1) is 13.2 Å². The van der Waals surface area contributed by atoms with Crippen molar-refractivity contribution in [1.82, 2.24) is 5.32 Å². The number of ether oxygens (including phenoxy) is 3. The van der Waals surface area contributed by atoms with Gasteiger partial charge in [0.15, 0.2) is 6.10 Å². The van der Waals surface area contributed by atoms with Gasteiger partial charge < -0.3 is 19.5 Å². The first kappa shape index (κ1) is 20.1. The van der Waals surface area contributed by atoms with Crippen molar-refractivity contribution in [2.45, 2.75) is 58.8 Å². The molecule has 0 saturated carbocycles. The van der Waals surface area contributed by atoms with Crippen LogP contribution in [0.3, 0.4) is 0 Å². The van der Waals surface area contributed by atoms with E-state index in [1.54, 1.807) is 14.0 Å². The standard InChI is InChI=1S/C23H29NO4/c1-14-7-8-18(11-15(14)2)27-16(3)22(25)24-20-13-23(4,5)28-21-10-9-17(26-6)12-19(20)21/h7-12,16,20H,13H2,1-6H3,(H,24,25)/t16-,20-/m1/s1. The predicted octanol–water partition coefficient (Wildman–Crippen LogP) is 4.50. The van der Waals surface area contributed by atoms with Gasteiger partial charge in [-0.1, -0.05) is 6.07 Å². The first-order valence-electron chi connectivity index (χ1n) is 9.60. The third-order valence-electron chi connectivity index (χ3n) is 5.15. The van der Waals surface area contributed by atoms with Crippen LogP contribution in [0.5, 0.6) is 17.2 Å². The van der Waals surface area contributed by atoms with Gasteiger partial charge in [-0.15, -0.1) is 0 Å². The van der Waals surface area contributed by atoms with E-state index in [4.69, 9.17) is 14.2 Å². The summed E-state index contributed by atoms with van der Waals surface area (Å²) in [6.07, 6.45) is 0.0528. The summed E-state index contributed by atoms with van der Waals surface area (Å²) in [5.41, 5.74) is 2.87. The summed E-state index contributed by atoms with van der Waals surface area (Å²) in [5.74, 6) is 2.04. The van der Waals surface area contributed by atoms with E-state index in [1.807, 2.05) is 64.1 Å². The fourth-order valence-corrected chi connectivity index (χ4v) is 3.42. The zero-order valence-corrected chi connectivity index (χ0v) is 17.5. The van der Waals surface area contributed by atoms with Crippen LogP contribution in [0.4, 0.5) is 0 Å². The highest BCUT2D eigenvalue weighted by atomic mass is 16.5. The topological polar surface area (TPSA) is 56.8 Å². The van der Waals surface area contributed by atoms with Crippen LogP contribution in [0.25, 0.3) is 0 Å². The van der Waals surface area contributed by atoms with E-state index in [2.05, 4.69) is 5.32 Å². The maximum atomic E-state index is 12.8. The third-order valence-corrected chi connectivity index (χ3v) is 5.15. The molecule has 2 atom stereocenters. The predicted molar refractivity (Wildman–Crippen MR) is 109 cm³/mol. The zero-order chi connectivity index (χ0) is 20.5. The van der Waals surface area contributed by atoms with Crippen LogP contribution >= 0.6 is 0 Å². The van der Waals surface area contributed by atoms with Gasteiger partial charge in [0.25, 0.3) is 5.91 Å². The van der Waals surface area contributed by atoms with E-state index >= 15 is 0 Å². The first-order chi connectivity index (χ1) is 13.2. The Morgan fingerprint density at radius 1 is 1.14 bits per heavy atom. The number of hydrogen-bond acceptors (Lipinski definition) is 4. The highest BCUT2D eigenvalue weighted by Crippen LogP contribution is 2.41. The molecule has 0 saturated heterocycles. The van der Waals surface area contributed by atoms with Crippen molar-refractivity contribution in [3.8, 4) is 17.2 Å². The van der Waals surface area contributed by atoms with Crippen LogP contribution in [0.15, 0.2) is 36.4 Å². The number of amides is 1. The summed E-state index contributed by atoms with van der Waals surface area (Å²) in [6.45, 7) is 9.89. The second-order valence-corrected chi connectivity index (χ2v) is 8.04. The minimum absolute atomic E-state index is 0.158. The highest BCUT2D eigenvalue weighted by Gasteiger charge is 2.35. The van der Waals surface area contributed by atoms with Crippen molar-refractivity contribution >= 4 is 5.91 Å². The molecule has 5 heteroatoms. The fraction of sp³-hybridized carbons (Fsp3) is 0.435. The van der Waals surface area contributed by atoms with Crippen molar-refractivity contribution < 1.29 is 19.0 Å². The van der Waals surface area contributed by atoms with Gasteiger partial charge in [0, 0.05) is 12.0 Å². The van der Waals surface area contributed by atoms with Crippen molar-refractivity contribution in [2.75, 3.05) is 7.11 Å². The lowest BCUT2D eigenvalue weighted by molar-refractivity contribution is -0.128. The van der Waals surface area contributed by atoms with Gasteiger partial charge in [0.2, 0.25) is 0 Å². The third kappa shape index (κ3) is 4.41. The number of methoxy groups -OCH3 is 1. The first-order valence-corrected chi connectivity index (χ1v) is 9.60. The largest absolute Gasteiger partial charge is 0.497 e. The van der Waals surface area contributed by atoms with Gasteiger partial charge in [-0.25, -0.2) is 0 Å². The molecule has 28 heavy (non-hydrogen) atoms. The van der Waals surface area contributed by atoms with Crippen LogP contribution < -0.4 is 19.5 Å². The molecular formula is C23H29NO4. The number of rotatable bonds is 5. The molecule has 0 radical (unpaired) electrons. The Labute approximate surface area is 167 Å². The van der Waals surface area contributed by atoms with E-state index in [-0.39, 0.29) is 17.6 Å². The molecule has 0 bridgehead atoms. The minimum atomic E-state index is -0.609. The average molecular weight is 383 g/mol. The maximum absolute atomic E-state index is 12.8. The van der Waals surface area contributed by atoms with E-state index < -0.39 is 6.10 Å². The molecule has 1 amide bonds. The quantitative estimate of drug-likeness (QED) is 0.826. The summed E-state index contributed by atoms with van der Waals surface area (Å²) in [7, 11) is 1.63. The van der Waals surface area contributed by atoms with Gasteiger partial charge in [-0.05, 0) is 76.1 Å². The molecule has 3 rings (SSSR count). The molecule has 0 unspecified atom stereocenters. The number of carbonyl (C=O) groups is 1. The number of nitrogens with one attached hydrogen (secondary N) is 1. The van der Waals surface area contributed by atoms with Gasteiger partial charge in [-0.2, -0.15) is 0 Å². The van der Waals surface area contributed by atoms with E-state index in [0.717, 1.165) is 22.6 Å². The molecule has 1 heterocycles. The lowest BCUT2D eigenvalue weighted by Crippen LogP contribution is -2.44. The van der Waals surface area contributed by atoms with Crippen LogP contribution in [0.2, 0.25) is 0 Å². The van der Waals surface area contributed by atoms with Crippen molar-refractivity contribution in [3.05, 3.63) is 53.1 Å². The van der Waals surface area contributed by atoms with Crippen molar-refractivity contribution in [2.24, 2.45) is 0 Å². The smallest absolute Gasteiger partial charge is 0.261 e. The van der Waals surface area contributed by atoms with Gasteiger partial charge in [-0.3, -0.25) is 4.79 Å². The molecule has 1 N–H and O–H groups in total. The Bertz CT molecular complexity index is 875. The van der Waals surface area contributed by atoms with Gasteiger partial charge >= 0.3 is 0 Å². The Morgan fingerprint density at radius 2 is 1.86 bits per heavy atom. The summed E-state index contributed by atoms with van der Waals surface area (Å²) >= 11 is 0. The van der Waals surface area contributed by atoms with E-state index in [1.165, 1.54) is 5.56 Å². The monoisotopic (exact) mass is 383 g/mol. The van der Waals surface area contributed by atoms with E-state index in [0.29, 0.717) is 12.2 Å². The van der Waals surface area contributed by atoms with E-state index in [9.17, 15) is 4.79 Å². The molecule has 0 aliphatic carbocycles. The lowest BCUT2D eigenvalue weighted by Gasteiger charge is -2.38. The SMILES string of the molecule is COc1ccc2c(c1)[C@H](NC(=O)[C@@H](C)Oc1ccc(C)c(C)c1)CC(C)(C)O2. The number of carbonyl (C=O) groups excluding carboxylic acids is 1. The van der Waals surface area contributed by atoms with Crippen molar-refractivity contribution in [3.63, 3.8) is 0 Å². The summed E-state index contributed by atoms with van der Waals surface area (Å²) < 4.78 is 17.3. The molecular weight excluding hydrogens is 354 g/mol. The second kappa shape index (κ2) is 7.74. The molecule has 0 fully saturated rings. The number of benzene rings is 2. The number of fused-ring (bicyclic) bond motifs is 1. The molecule has 5 nitrogen and oxygen atoms in total. The van der Waals surface area contributed by atoms with Crippen LogP contribution in [-0.2, 0) is 4.79 Å². The molecule has 1 aliphatic heterocycles. The Balaban J connectivity index is 1.76. The average Bonchev–Trinajstić information content (AvgIpc) is 2.63. The highest BCUT2D eigenvalue weighted by molar-refractivity contribution is 5.81. The Kier molecular flexibility index (Phi) is 5.54. The lowest BCUT2D eigenvalue weighted by atomic mass is 9.89. The Morgan fingerprint density at radius 3 is 2.54 bits per heavy atom. The van der Waals surface area contributed by atoms with Crippen molar-refractivity contribution in [1.29, 1.82) is 0 Å². The number of hydrogen-bond donors (Lipinski definition) is 1. The molecule has 0 spiro atoms. The summed E-state index contributed by atoms with van der Waals surface area (Å²) in [4.78, 5) is 12.8. The summed E-state index contributed by atoms with van der Waals surface area (Å²) in [5, 5.41) is 3.13. The minimum Gasteiger partial charge on any atom is -0.497 e. The second-order valence-electron chi connectivity index (χ2n) is 8.04. The molecule has 150 valence electrons. The normalized spacial score (nSPS) is 18.4. The Hall–Kier alpha value is -2.69. The van der Waals surface area contributed by atoms with Crippen LogP contribution in [0.1, 0.15) is 49.9 Å². The molecule has 2 aromatic rings. The summed E-state index contributed by atoms with van der Waals surface area (Å²) in [6, 6.07) is 11.4. The molecule has 1 aliphatic rings.